The first-order valence-corrected chi connectivity index (χ1v) is 13.1. The van der Waals surface area contributed by atoms with Crippen molar-refractivity contribution in [3.63, 3.8) is 0 Å². The highest BCUT2D eigenvalue weighted by Crippen LogP contribution is 2.38. The van der Waals surface area contributed by atoms with Crippen molar-refractivity contribution in [1.82, 2.24) is 4.31 Å². The van der Waals surface area contributed by atoms with Crippen LogP contribution in [0.25, 0.3) is 0 Å². The molecule has 3 rings (SSSR count). The number of anilines is 2. The van der Waals surface area contributed by atoms with Gasteiger partial charge in [-0.1, -0.05) is 34.6 Å². The summed E-state index contributed by atoms with van der Waals surface area (Å²) in [6.45, 7) is 11.6. The van der Waals surface area contributed by atoms with E-state index in [1.54, 1.807) is 19.9 Å². The lowest BCUT2D eigenvalue weighted by Crippen LogP contribution is -2.42. The van der Waals surface area contributed by atoms with Gasteiger partial charge in [0.15, 0.2) is 4.58 Å². The lowest BCUT2D eigenvalue weighted by Gasteiger charge is -2.31. The number of nitrogens with zero attached hydrogens (tertiary/aromatic N) is 1. The summed E-state index contributed by atoms with van der Waals surface area (Å²) in [4.78, 5) is 37.5. The number of ketones is 1. The van der Waals surface area contributed by atoms with Crippen LogP contribution in [0.5, 0.6) is 0 Å². The Morgan fingerprint density at radius 3 is 2.21 bits per heavy atom. The number of sulfonamides is 1. The van der Waals surface area contributed by atoms with Gasteiger partial charge in [-0.15, -0.1) is 11.8 Å². The van der Waals surface area contributed by atoms with Gasteiger partial charge in [0.1, 0.15) is 22.9 Å². The Bertz CT molecular complexity index is 1260. The Balaban J connectivity index is 1.85. The van der Waals surface area contributed by atoms with Crippen LogP contribution < -0.4 is 21.5 Å². The van der Waals surface area contributed by atoms with Crippen LogP contribution in [0.3, 0.4) is 0 Å². The Morgan fingerprint density at radius 1 is 1.09 bits per heavy atom. The monoisotopic (exact) mass is 495 g/mol. The molecule has 0 spiro atoms. The molecule has 0 radical (unpaired) electrons. The second kappa shape index (κ2) is 9.11. The molecule has 33 heavy (non-hydrogen) atoms. The zero-order chi connectivity index (χ0) is 24.7. The van der Waals surface area contributed by atoms with Crippen molar-refractivity contribution < 1.29 is 17.6 Å². The molecular weight excluding hydrogens is 466 g/mol. The maximum atomic E-state index is 12.9. The second-order valence-corrected chi connectivity index (χ2v) is 12.2. The van der Waals surface area contributed by atoms with E-state index in [1.807, 2.05) is 33.8 Å². The number of aryl methyl sites for hydroxylation is 1. The van der Waals surface area contributed by atoms with Crippen molar-refractivity contribution in [3.05, 3.63) is 55.2 Å². The number of thioether (sulfide) groups is 1. The first-order chi connectivity index (χ1) is 15.3. The molecule has 0 saturated carbocycles. The van der Waals surface area contributed by atoms with Gasteiger partial charge in [0.25, 0.3) is 10.9 Å². The highest BCUT2D eigenvalue weighted by molar-refractivity contribution is 8.16. The Labute approximate surface area is 197 Å². The van der Waals surface area contributed by atoms with Crippen molar-refractivity contribution in [2.45, 2.75) is 52.2 Å². The molecule has 1 aliphatic heterocycles. The van der Waals surface area contributed by atoms with E-state index in [-0.39, 0.29) is 35.6 Å². The molecule has 0 amide bonds. The van der Waals surface area contributed by atoms with E-state index in [9.17, 15) is 22.8 Å². The van der Waals surface area contributed by atoms with Crippen LogP contribution in [0.4, 0.5) is 11.4 Å². The Morgan fingerprint density at radius 2 is 1.70 bits per heavy atom. The SMILES string of the molecule is CCN(CC)S(=O)(=O)C1SC=C(Nc2c(N[C@@H](c3ccc(C)o3)C(C)(C)C)c(=O)c2=O)C1=O. The summed E-state index contributed by atoms with van der Waals surface area (Å²) in [6.07, 6.45) is 0. The molecule has 1 unspecified atom stereocenters. The van der Waals surface area contributed by atoms with Crippen LogP contribution >= 0.6 is 11.8 Å². The van der Waals surface area contributed by atoms with Crippen LogP contribution in [0.1, 0.15) is 52.2 Å². The predicted molar refractivity (Wildman–Crippen MR) is 131 cm³/mol. The van der Waals surface area contributed by atoms with Gasteiger partial charge < -0.3 is 15.1 Å². The number of carbonyl (C=O) groups excluding carboxylic acids is 1. The van der Waals surface area contributed by atoms with Crippen LogP contribution in [-0.2, 0) is 14.8 Å². The van der Waals surface area contributed by atoms with Crippen molar-refractivity contribution in [2.24, 2.45) is 5.41 Å². The Kier molecular flexibility index (Phi) is 6.97. The van der Waals surface area contributed by atoms with Crippen LogP contribution in [0, 0.1) is 12.3 Å². The van der Waals surface area contributed by atoms with Crippen molar-refractivity contribution >= 4 is 38.9 Å². The molecule has 180 valence electrons. The average Bonchev–Trinajstić information content (AvgIpc) is 3.32. The summed E-state index contributed by atoms with van der Waals surface area (Å²) in [5.74, 6) is 0.666. The van der Waals surface area contributed by atoms with Crippen molar-refractivity contribution in [1.29, 1.82) is 0 Å². The first-order valence-electron chi connectivity index (χ1n) is 10.6. The molecule has 0 fully saturated rings. The van der Waals surface area contributed by atoms with E-state index in [4.69, 9.17) is 4.42 Å². The molecule has 1 aromatic heterocycles. The predicted octanol–water partition coefficient (Wildman–Crippen LogP) is 2.95. The van der Waals surface area contributed by atoms with Gasteiger partial charge in [0, 0.05) is 13.1 Å². The third-order valence-corrected chi connectivity index (χ3v) is 9.38. The van der Waals surface area contributed by atoms with Gasteiger partial charge >= 0.3 is 0 Å². The fourth-order valence-corrected chi connectivity index (χ4v) is 6.81. The molecular formula is C22H29N3O6S2. The lowest BCUT2D eigenvalue weighted by atomic mass is 9.85. The van der Waals surface area contributed by atoms with E-state index in [1.165, 1.54) is 9.71 Å². The van der Waals surface area contributed by atoms with E-state index >= 15 is 0 Å². The number of Topliss-reactive ketones (excluding diaryl/α,β-unsaturated/α-hetero) is 1. The summed E-state index contributed by atoms with van der Waals surface area (Å²) in [7, 11) is -3.86. The van der Waals surface area contributed by atoms with E-state index < -0.39 is 37.3 Å². The molecule has 2 atom stereocenters. The fraction of sp³-hybridized carbons (Fsp3) is 0.500. The zero-order valence-corrected chi connectivity index (χ0v) is 21.1. The molecule has 2 aromatic rings. The fourth-order valence-electron chi connectivity index (χ4n) is 3.64. The maximum absolute atomic E-state index is 12.9. The third-order valence-electron chi connectivity index (χ3n) is 5.50. The lowest BCUT2D eigenvalue weighted by molar-refractivity contribution is -0.113. The van der Waals surface area contributed by atoms with E-state index in [0.717, 1.165) is 11.8 Å². The second-order valence-electron chi connectivity index (χ2n) is 8.92. The molecule has 9 nitrogen and oxygen atoms in total. The number of carbonyl (C=O) groups is 1. The topological polar surface area (TPSA) is 126 Å². The average molecular weight is 496 g/mol. The van der Waals surface area contributed by atoms with Crippen LogP contribution in [0.15, 0.2) is 37.2 Å². The quantitative estimate of drug-likeness (QED) is 0.505. The largest absolute Gasteiger partial charge is 0.464 e. The highest BCUT2D eigenvalue weighted by atomic mass is 32.3. The minimum atomic E-state index is -3.86. The minimum absolute atomic E-state index is 0.0305. The molecule has 2 heterocycles. The number of nitrogens with one attached hydrogen (secondary N) is 2. The molecule has 0 saturated heterocycles. The summed E-state index contributed by atoms with van der Waals surface area (Å²) >= 11 is 0.864. The van der Waals surface area contributed by atoms with Gasteiger partial charge in [0.2, 0.25) is 15.8 Å². The van der Waals surface area contributed by atoms with E-state index in [2.05, 4.69) is 10.6 Å². The number of rotatable bonds is 9. The minimum Gasteiger partial charge on any atom is -0.464 e. The molecule has 1 aromatic carbocycles. The number of furan rings is 1. The molecule has 2 N–H and O–H groups in total. The first kappa shape index (κ1) is 25.3. The third kappa shape index (κ3) is 4.67. The van der Waals surface area contributed by atoms with Gasteiger partial charge in [-0.25, -0.2) is 12.7 Å². The van der Waals surface area contributed by atoms with Gasteiger partial charge in [-0.3, -0.25) is 14.4 Å². The summed E-state index contributed by atoms with van der Waals surface area (Å²) in [6, 6.07) is 3.19. The summed E-state index contributed by atoms with van der Waals surface area (Å²) in [5.41, 5.74) is -1.89. The van der Waals surface area contributed by atoms with E-state index in [0.29, 0.717) is 11.5 Å². The zero-order valence-electron chi connectivity index (χ0n) is 19.5. The normalized spacial score (nSPS) is 18.1. The van der Waals surface area contributed by atoms with Crippen LogP contribution in [-0.4, -0.2) is 36.2 Å². The van der Waals surface area contributed by atoms with Gasteiger partial charge in [0.05, 0.1) is 11.7 Å². The summed E-state index contributed by atoms with van der Waals surface area (Å²) in [5, 5.41) is 7.19. The van der Waals surface area contributed by atoms with Gasteiger partial charge in [-0.2, -0.15) is 0 Å². The van der Waals surface area contributed by atoms with Gasteiger partial charge in [-0.05, 0) is 29.9 Å². The maximum Gasteiger partial charge on any atom is 0.253 e. The number of hydrogen-bond donors (Lipinski definition) is 2. The smallest absolute Gasteiger partial charge is 0.253 e. The standard InChI is InChI=1S/C22H29N3O6S2/c1-7-25(8-2)33(29,30)21-17(26)13(11-32-21)23-15-16(19(28)18(15)27)24-20(22(4,5)6)14-10-9-12(3)31-14/h9-11,20-21,23-24H,7-8H2,1-6H3/t20-,21?/m0/s1. The number of allylic oxidation sites excluding steroid dienone is 1. The number of hydrogen-bond acceptors (Lipinski definition) is 9. The molecule has 1 aliphatic rings. The van der Waals surface area contributed by atoms with Crippen LogP contribution in [0.2, 0.25) is 0 Å². The molecule has 0 aliphatic carbocycles. The van der Waals surface area contributed by atoms with Crippen molar-refractivity contribution in [2.75, 3.05) is 23.7 Å². The summed E-state index contributed by atoms with van der Waals surface area (Å²) < 4.78 is 31.2. The van der Waals surface area contributed by atoms with Crippen molar-refractivity contribution in [3.8, 4) is 0 Å². The molecule has 0 bridgehead atoms. The highest BCUT2D eigenvalue weighted by Gasteiger charge is 2.42. The Hall–Kier alpha value is -2.37. The molecule has 11 heteroatoms.